The fraction of sp³-hybridized carbons (Fsp3) is 0.733. The molecule has 1 fully saturated rings. The lowest BCUT2D eigenvalue weighted by molar-refractivity contribution is -0.134. The summed E-state index contributed by atoms with van der Waals surface area (Å²) in [6.45, 7) is 6.94. The van der Waals surface area contributed by atoms with Crippen molar-refractivity contribution in [1.29, 1.82) is 0 Å². The summed E-state index contributed by atoms with van der Waals surface area (Å²) in [4.78, 5) is 18.2. The van der Waals surface area contributed by atoms with E-state index in [2.05, 4.69) is 4.98 Å². The van der Waals surface area contributed by atoms with Crippen LogP contribution in [-0.4, -0.2) is 65.3 Å². The van der Waals surface area contributed by atoms with E-state index in [-0.39, 0.29) is 29.9 Å². The summed E-state index contributed by atoms with van der Waals surface area (Å²) in [6, 6.07) is -0.531. The first-order chi connectivity index (χ1) is 11.2. The quantitative estimate of drug-likeness (QED) is 0.795. The van der Waals surface area contributed by atoms with Crippen LogP contribution in [0.1, 0.15) is 26.1 Å². The smallest absolute Gasteiger partial charge is 0.262 e. The molecule has 0 saturated carbocycles. The van der Waals surface area contributed by atoms with Gasteiger partial charge >= 0.3 is 0 Å². The maximum atomic E-state index is 12.6. The van der Waals surface area contributed by atoms with Gasteiger partial charge in [-0.15, -0.1) is 0 Å². The normalized spacial score (nSPS) is 19.3. The number of amides is 1. The lowest BCUT2D eigenvalue weighted by Crippen LogP contribution is -2.55. The van der Waals surface area contributed by atoms with Crippen LogP contribution >= 0.6 is 0 Å². The molecule has 2 unspecified atom stereocenters. The molecular formula is C15H27N5O3S. The van der Waals surface area contributed by atoms with Crippen molar-refractivity contribution in [2.45, 2.75) is 38.3 Å². The highest BCUT2D eigenvalue weighted by molar-refractivity contribution is 7.89. The van der Waals surface area contributed by atoms with Crippen molar-refractivity contribution in [2.75, 3.05) is 26.2 Å². The Balaban J connectivity index is 2.03. The molecule has 1 aliphatic rings. The van der Waals surface area contributed by atoms with Crippen LogP contribution in [0.25, 0.3) is 0 Å². The Hall–Kier alpha value is -1.45. The zero-order valence-electron chi connectivity index (χ0n) is 14.8. The molecule has 0 radical (unpaired) electrons. The van der Waals surface area contributed by atoms with Crippen molar-refractivity contribution in [3.8, 4) is 0 Å². The number of aromatic nitrogens is 2. The van der Waals surface area contributed by atoms with Crippen LogP contribution in [0, 0.1) is 12.8 Å². The molecule has 8 nitrogen and oxygen atoms in total. The highest BCUT2D eigenvalue weighted by Gasteiger charge is 2.33. The largest absolute Gasteiger partial charge is 0.339 e. The van der Waals surface area contributed by atoms with Gasteiger partial charge < -0.3 is 15.2 Å². The molecule has 2 heterocycles. The molecule has 136 valence electrons. The summed E-state index contributed by atoms with van der Waals surface area (Å²) in [5.74, 6) is 0.646. The highest BCUT2D eigenvalue weighted by atomic mass is 32.2. The van der Waals surface area contributed by atoms with E-state index in [1.165, 1.54) is 10.5 Å². The summed E-state index contributed by atoms with van der Waals surface area (Å²) in [5, 5.41) is 0.0542. The number of carbonyl (C=O) groups is 1. The van der Waals surface area contributed by atoms with Crippen molar-refractivity contribution < 1.29 is 13.2 Å². The SMILES string of the molecule is CCC(C)C(N)C(=O)N1CCN(S(=O)(=O)c2cn(C)c(C)n2)CC1. The number of aryl methyl sites for hydroxylation is 2. The second kappa shape index (κ2) is 7.20. The molecule has 24 heavy (non-hydrogen) atoms. The second-order valence-corrected chi connectivity index (χ2v) is 8.26. The number of sulfonamides is 1. The van der Waals surface area contributed by atoms with E-state index >= 15 is 0 Å². The van der Waals surface area contributed by atoms with Crippen LogP contribution in [0.15, 0.2) is 11.2 Å². The van der Waals surface area contributed by atoms with E-state index in [4.69, 9.17) is 5.73 Å². The third-order valence-corrected chi connectivity index (χ3v) is 6.55. The van der Waals surface area contributed by atoms with Gasteiger partial charge in [-0.2, -0.15) is 4.31 Å². The topological polar surface area (TPSA) is 102 Å². The summed E-state index contributed by atoms with van der Waals surface area (Å²) in [7, 11) is -1.86. The van der Waals surface area contributed by atoms with Gasteiger partial charge in [-0.1, -0.05) is 20.3 Å². The fourth-order valence-corrected chi connectivity index (χ4v) is 4.09. The van der Waals surface area contributed by atoms with Crippen molar-refractivity contribution in [3.63, 3.8) is 0 Å². The van der Waals surface area contributed by atoms with E-state index < -0.39 is 16.1 Å². The highest BCUT2D eigenvalue weighted by Crippen LogP contribution is 2.18. The number of hydrogen-bond donors (Lipinski definition) is 1. The number of imidazole rings is 1. The summed E-state index contributed by atoms with van der Waals surface area (Å²) in [5.41, 5.74) is 6.00. The Kier molecular flexibility index (Phi) is 5.67. The first kappa shape index (κ1) is 18.9. The average Bonchev–Trinajstić information content (AvgIpc) is 2.92. The van der Waals surface area contributed by atoms with E-state index in [1.807, 2.05) is 13.8 Å². The lowest BCUT2D eigenvalue weighted by Gasteiger charge is -2.35. The molecule has 2 rings (SSSR count). The maximum Gasteiger partial charge on any atom is 0.262 e. The zero-order chi connectivity index (χ0) is 18.1. The molecule has 0 bridgehead atoms. The first-order valence-corrected chi connectivity index (χ1v) is 9.67. The molecule has 1 aromatic heterocycles. The molecule has 0 aromatic carbocycles. The molecule has 1 saturated heterocycles. The van der Waals surface area contributed by atoms with Gasteiger partial charge in [-0.25, -0.2) is 13.4 Å². The van der Waals surface area contributed by atoms with Crippen molar-refractivity contribution in [2.24, 2.45) is 18.7 Å². The van der Waals surface area contributed by atoms with Gasteiger partial charge in [-0.05, 0) is 12.8 Å². The number of nitrogens with zero attached hydrogens (tertiary/aromatic N) is 4. The van der Waals surface area contributed by atoms with Crippen molar-refractivity contribution in [1.82, 2.24) is 18.8 Å². The molecule has 1 aromatic rings. The Morgan fingerprint density at radius 1 is 1.33 bits per heavy atom. The molecule has 2 N–H and O–H groups in total. The molecule has 9 heteroatoms. The predicted octanol–water partition coefficient (Wildman–Crippen LogP) is -0.0652. The van der Waals surface area contributed by atoms with Gasteiger partial charge in [0.2, 0.25) is 5.91 Å². The van der Waals surface area contributed by atoms with Crippen LogP contribution in [0.3, 0.4) is 0 Å². The molecular weight excluding hydrogens is 330 g/mol. The number of carbonyl (C=O) groups excluding carboxylic acids is 1. The second-order valence-electron chi connectivity index (χ2n) is 6.38. The predicted molar refractivity (Wildman–Crippen MR) is 90.7 cm³/mol. The Morgan fingerprint density at radius 3 is 2.38 bits per heavy atom. The van der Waals surface area contributed by atoms with Crippen LogP contribution in [0.4, 0.5) is 0 Å². The number of hydrogen-bond acceptors (Lipinski definition) is 5. The Labute approximate surface area is 143 Å². The van der Waals surface area contributed by atoms with E-state index in [0.717, 1.165) is 6.42 Å². The van der Waals surface area contributed by atoms with E-state index in [9.17, 15) is 13.2 Å². The van der Waals surface area contributed by atoms with Gasteiger partial charge in [0.1, 0.15) is 5.82 Å². The number of rotatable bonds is 5. The molecule has 1 aliphatic heterocycles. The maximum absolute atomic E-state index is 12.6. The zero-order valence-corrected chi connectivity index (χ0v) is 15.6. The standard InChI is InChI=1S/C15H27N5O3S/c1-5-11(2)14(16)15(21)19-6-8-20(9-7-19)24(22,23)13-10-18(4)12(3)17-13/h10-11,14H,5-9,16H2,1-4H3. The van der Waals surface area contributed by atoms with Gasteiger partial charge in [0.15, 0.2) is 5.03 Å². The van der Waals surface area contributed by atoms with Gasteiger partial charge in [-0.3, -0.25) is 4.79 Å². The first-order valence-electron chi connectivity index (χ1n) is 8.23. The minimum absolute atomic E-state index is 0.0542. The molecule has 0 aliphatic carbocycles. The van der Waals surface area contributed by atoms with Gasteiger partial charge in [0.05, 0.1) is 6.04 Å². The number of nitrogens with two attached hydrogens (primary N) is 1. The number of piperazine rings is 1. The monoisotopic (exact) mass is 357 g/mol. The van der Waals surface area contributed by atoms with Crippen molar-refractivity contribution in [3.05, 3.63) is 12.0 Å². The van der Waals surface area contributed by atoms with Gasteiger partial charge in [0, 0.05) is 39.4 Å². The third-order valence-electron chi connectivity index (χ3n) is 4.78. The van der Waals surface area contributed by atoms with E-state index in [1.54, 1.807) is 23.4 Å². The lowest BCUT2D eigenvalue weighted by atomic mass is 9.99. The van der Waals surface area contributed by atoms with Crippen LogP contribution in [-0.2, 0) is 21.9 Å². The summed E-state index contributed by atoms with van der Waals surface area (Å²) < 4.78 is 28.3. The van der Waals surface area contributed by atoms with Crippen LogP contribution in [0.2, 0.25) is 0 Å². The Bertz CT molecular complexity index is 672. The third kappa shape index (κ3) is 3.62. The average molecular weight is 357 g/mol. The van der Waals surface area contributed by atoms with Crippen molar-refractivity contribution >= 4 is 15.9 Å². The fourth-order valence-electron chi connectivity index (χ4n) is 2.64. The van der Waals surface area contributed by atoms with Gasteiger partial charge in [0.25, 0.3) is 10.0 Å². The minimum atomic E-state index is -3.62. The van der Waals surface area contributed by atoms with E-state index in [0.29, 0.717) is 18.9 Å². The summed E-state index contributed by atoms with van der Waals surface area (Å²) in [6.07, 6.45) is 2.35. The molecule has 2 atom stereocenters. The molecule has 1 amide bonds. The Morgan fingerprint density at radius 2 is 1.92 bits per heavy atom. The summed E-state index contributed by atoms with van der Waals surface area (Å²) >= 11 is 0. The van der Waals surface area contributed by atoms with Crippen LogP contribution < -0.4 is 5.73 Å². The van der Waals surface area contributed by atoms with Crippen LogP contribution in [0.5, 0.6) is 0 Å². The molecule has 0 spiro atoms. The minimum Gasteiger partial charge on any atom is -0.339 e.